The molecule has 0 amide bonds. The smallest absolute Gasteiger partial charge is 0.131 e. The van der Waals surface area contributed by atoms with Crippen molar-refractivity contribution in [3.8, 4) is 11.3 Å². The molecule has 90 valence electrons. The molecule has 0 bridgehead atoms. The highest BCUT2D eigenvalue weighted by molar-refractivity contribution is 6.30. The van der Waals surface area contributed by atoms with Gasteiger partial charge < -0.3 is 10.3 Å². The monoisotopic (exact) mass is 249 g/mol. The van der Waals surface area contributed by atoms with Gasteiger partial charge in [-0.3, -0.25) is 0 Å². The largest absolute Gasteiger partial charge is 0.383 e. The molecule has 0 saturated carbocycles. The average molecular weight is 250 g/mol. The molecule has 4 heteroatoms. The summed E-state index contributed by atoms with van der Waals surface area (Å²) in [4.78, 5) is 4.59. The number of aryl methyl sites for hydroxylation is 1. The third kappa shape index (κ3) is 2.29. The Morgan fingerprint density at radius 2 is 1.94 bits per heavy atom. The number of nitrogens with two attached hydrogens (primary N) is 1. The summed E-state index contributed by atoms with van der Waals surface area (Å²) in [6.07, 6.45) is 2.00. The number of benzene rings is 1. The number of nitrogens with zero attached hydrogens (tertiary/aromatic N) is 2. The first kappa shape index (κ1) is 12.0. The SMILES string of the molecule is CCCc1nc(-c2ccc(Cl)cc2)c(N)n1C. The standard InChI is InChI=1S/C13H16ClN3/c1-3-4-11-16-12(13(15)17(11)2)9-5-7-10(14)8-6-9/h5-8H,3-4,15H2,1-2H3. The number of imidazole rings is 1. The number of rotatable bonds is 3. The highest BCUT2D eigenvalue weighted by atomic mass is 35.5. The summed E-state index contributed by atoms with van der Waals surface area (Å²) in [6, 6.07) is 7.59. The van der Waals surface area contributed by atoms with E-state index in [4.69, 9.17) is 17.3 Å². The number of nitrogen functional groups attached to an aromatic ring is 1. The molecule has 3 nitrogen and oxygen atoms in total. The summed E-state index contributed by atoms with van der Waals surface area (Å²) in [5.41, 5.74) is 7.92. The zero-order chi connectivity index (χ0) is 12.4. The molecule has 1 aromatic heterocycles. The van der Waals surface area contributed by atoms with Gasteiger partial charge in [0.2, 0.25) is 0 Å². The van der Waals surface area contributed by atoms with Gasteiger partial charge in [0.15, 0.2) is 0 Å². The third-order valence-electron chi connectivity index (χ3n) is 2.82. The van der Waals surface area contributed by atoms with Crippen molar-refractivity contribution in [3.63, 3.8) is 0 Å². The molecule has 0 saturated heterocycles. The number of hydrogen-bond donors (Lipinski definition) is 1. The Morgan fingerprint density at radius 1 is 1.29 bits per heavy atom. The lowest BCUT2D eigenvalue weighted by Crippen LogP contribution is -2.01. The van der Waals surface area contributed by atoms with Gasteiger partial charge in [0.25, 0.3) is 0 Å². The maximum Gasteiger partial charge on any atom is 0.131 e. The molecule has 0 aliphatic rings. The lowest BCUT2D eigenvalue weighted by molar-refractivity contribution is 0.764. The lowest BCUT2D eigenvalue weighted by atomic mass is 10.1. The van der Waals surface area contributed by atoms with Crippen LogP contribution in [0.2, 0.25) is 5.02 Å². The van der Waals surface area contributed by atoms with Crippen molar-refractivity contribution < 1.29 is 0 Å². The molecule has 1 aromatic carbocycles. The average Bonchev–Trinajstić information content (AvgIpc) is 2.59. The van der Waals surface area contributed by atoms with Crippen LogP contribution >= 0.6 is 11.6 Å². The zero-order valence-corrected chi connectivity index (χ0v) is 10.8. The molecule has 2 rings (SSSR count). The van der Waals surface area contributed by atoms with Gasteiger partial charge in [-0.05, 0) is 18.6 Å². The third-order valence-corrected chi connectivity index (χ3v) is 3.08. The molecule has 0 unspecified atom stereocenters. The van der Waals surface area contributed by atoms with Crippen LogP contribution in [0.1, 0.15) is 19.2 Å². The van der Waals surface area contributed by atoms with Crippen molar-refractivity contribution in [1.29, 1.82) is 0 Å². The molecule has 0 aliphatic heterocycles. The van der Waals surface area contributed by atoms with Crippen molar-refractivity contribution in [2.75, 3.05) is 5.73 Å². The second-order valence-corrected chi connectivity index (χ2v) is 4.51. The van der Waals surface area contributed by atoms with Gasteiger partial charge in [0.1, 0.15) is 17.3 Å². The van der Waals surface area contributed by atoms with Gasteiger partial charge in [0, 0.05) is 24.1 Å². The van der Waals surface area contributed by atoms with Gasteiger partial charge >= 0.3 is 0 Å². The van der Waals surface area contributed by atoms with Crippen LogP contribution in [0.25, 0.3) is 11.3 Å². The van der Waals surface area contributed by atoms with Crippen molar-refractivity contribution in [1.82, 2.24) is 9.55 Å². The van der Waals surface area contributed by atoms with Crippen LogP contribution in [-0.4, -0.2) is 9.55 Å². The number of hydrogen-bond acceptors (Lipinski definition) is 2. The molecule has 0 spiro atoms. The second kappa shape index (κ2) is 4.80. The molecule has 0 radical (unpaired) electrons. The van der Waals surface area contributed by atoms with E-state index in [1.165, 1.54) is 0 Å². The lowest BCUT2D eigenvalue weighted by Gasteiger charge is -2.01. The van der Waals surface area contributed by atoms with E-state index in [0.29, 0.717) is 5.82 Å². The van der Waals surface area contributed by atoms with Gasteiger partial charge in [-0.15, -0.1) is 0 Å². The molecule has 2 N–H and O–H groups in total. The fraction of sp³-hybridized carbons (Fsp3) is 0.308. The highest BCUT2D eigenvalue weighted by Crippen LogP contribution is 2.27. The first-order valence-corrected chi connectivity index (χ1v) is 6.08. The van der Waals surface area contributed by atoms with Crippen LogP contribution in [0, 0.1) is 0 Å². The Labute approximate surface area is 106 Å². The summed E-state index contributed by atoms with van der Waals surface area (Å²) >= 11 is 5.87. The summed E-state index contributed by atoms with van der Waals surface area (Å²) in [6.45, 7) is 2.13. The minimum absolute atomic E-state index is 0.704. The van der Waals surface area contributed by atoms with Crippen LogP contribution in [0.15, 0.2) is 24.3 Å². The van der Waals surface area contributed by atoms with E-state index in [9.17, 15) is 0 Å². The Balaban J connectivity index is 2.45. The molecule has 1 heterocycles. The van der Waals surface area contributed by atoms with E-state index in [0.717, 1.165) is 34.9 Å². The molecular formula is C13H16ClN3. The normalized spacial score (nSPS) is 10.8. The van der Waals surface area contributed by atoms with E-state index in [2.05, 4.69) is 11.9 Å². The number of halogens is 1. The highest BCUT2D eigenvalue weighted by Gasteiger charge is 2.12. The maximum absolute atomic E-state index is 6.07. The molecule has 17 heavy (non-hydrogen) atoms. The van der Waals surface area contributed by atoms with Crippen molar-refractivity contribution in [2.24, 2.45) is 7.05 Å². The van der Waals surface area contributed by atoms with Crippen LogP contribution < -0.4 is 5.73 Å². The van der Waals surface area contributed by atoms with Crippen LogP contribution in [0.5, 0.6) is 0 Å². The number of anilines is 1. The maximum atomic E-state index is 6.07. The van der Waals surface area contributed by atoms with E-state index < -0.39 is 0 Å². The van der Waals surface area contributed by atoms with Crippen LogP contribution in [-0.2, 0) is 13.5 Å². The van der Waals surface area contributed by atoms with Crippen LogP contribution in [0.4, 0.5) is 5.82 Å². The predicted molar refractivity (Wildman–Crippen MR) is 72.1 cm³/mol. The molecule has 2 aromatic rings. The van der Waals surface area contributed by atoms with E-state index in [1.807, 2.05) is 35.9 Å². The molecule has 0 fully saturated rings. The van der Waals surface area contributed by atoms with E-state index in [-0.39, 0.29) is 0 Å². The second-order valence-electron chi connectivity index (χ2n) is 4.08. The topological polar surface area (TPSA) is 43.8 Å². The van der Waals surface area contributed by atoms with Crippen molar-refractivity contribution in [3.05, 3.63) is 35.1 Å². The molecular weight excluding hydrogens is 234 g/mol. The minimum atomic E-state index is 0.704. The number of aromatic nitrogens is 2. The van der Waals surface area contributed by atoms with Crippen molar-refractivity contribution in [2.45, 2.75) is 19.8 Å². The summed E-state index contributed by atoms with van der Waals surface area (Å²) in [7, 11) is 1.95. The first-order valence-electron chi connectivity index (χ1n) is 5.70. The van der Waals surface area contributed by atoms with Gasteiger partial charge in [-0.1, -0.05) is 30.7 Å². The summed E-state index contributed by atoms with van der Waals surface area (Å²) in [5.74, 6) is 1.73. The zero-order valence-electron chi connectivity index (χ0n) is 10.1. The fourth-order valence-corrected chi connectivity index (χ4v) is 1.95. The van der Waals surface area contributed by atoms with E-state index >= 15 is 0 Å². The van der Waals surface area contributed by atoms with Gasteiger partial charge in [-0.25, -0.2) is 4.98 Å². The Bertz CT molecular complexity index is 514. The summed E-state index contributed by atoms with van der Waals surface area (Å²) in [5, 5.41) is 0.719. The molecule has 0 atom stereocenters. The fourth-order valence-electron chi connectivity index (χ4n) is 1.83. The van der Waals surface area contributed by atoms with Crippen molar-refractivity contribution >= 4 is 17.4 Å². The van der Waals surface area contributed by atoms with Gasteiger partial charge in [-0.2, -0.15) is 0 Å². The van der Waals surface area contributed by atoms with Crippen LogP contribution in [0.3, 0.4) is 0 Å². The quantitative estimate of drug-likeness (QED) is 0.907. The van der Waals surface area contributed by atoms with Gasteiger partial charge in [0.05, 0.1) is 0 Å². The predicted octanol–water partition coefficient (Wildman–Crippen LogP) is 3.28. The Kier molecular flexibility index (Phi) is 3.38. The summed E-state index contributed by atoms with van der Waals surface area (Å²) < 4.78 is 1.95. The van der Waals surface area contributed by atoms with E-state index in [1.54, 1.807) is 0 Å². The Hall–Kier alpha value is -1.48. The molecule has 0 aliphatic carbocycles. The minimum Gasteiger partial charge on any atom is -0.383 e. The Morgan fingerprint density at radius 3 is 2.53 bits per heavy atom. The first-order chi connectivity index (χ1) is 8.13.